The molecule has 3 heterocycles. The number of thioether (sulfide) groups is 1. The molecule has 5 rings (SSSR count). The smallest absolute Gasteiger partial charge is 0.408 e. The lowest BCUT2D eigenvalue weighted by molar-refractivity contribution is -0.173. The van der Waals surface area contributed by atoms with E-state index in [0.717, 1.165) is 29.0 Å². The van der Waals surface area contributed by atoms with E-state index in [1.165, 1.54) is 10.9 Å². The quantitative estimate of drug-likeness (QED) is 0.472. The van der Waals surface area contributed by atoms with Crippen LogP contribution in [0.15, 0.2) is 64.4 Å². The summed E-state index contributed by atoms with van der Waals surface area (Å²) >= 11 is 8.34. The van der Waals surface area contributed by atoms with E-state index in [2.05, 4.69) is 0 Å². The Morgan fingerprint density at radius 3 is 2.50 bits per heavy atom. The summed E-state index contributed by atoms with van der Waals surface area (Å²) in [6.07, 6.45) is -3.43. The average Bonchev–Trinajstić information content (AvgIpc) is 2.95. The molecule has 36 heavy (non-hydrogen) atoms. The maximum Gasteiger partial charge on any atom is 0.408 e. The Labute approximate surface area is 213 Å². The standard InChI is InChI=1S/C25H21ClF3N3O3S/c1-13-15-7-5-8-17(26)20(15)21(16-6-3-4-9-19(16)36-13)32-12-30(14(2)25(27,28)29)24(35)22-23(34)18(33)10-11-31(22)32/h3-11,13-14,21,34H,12H2,1-2H3/t13-,14+,21+/m0/s1. The zero-order valence-corrected chi connectivity index (χ0v) is 20.7. The van der Waals surface area contributed by atoms with E-state index in [0.29, 0.717) is 15.5 Å². The molecule has 3 atom stereocenters. The molecule has 0 fully saturated rings. The van der Waals surface area contributed by atoms with E-state index in [4.69, 9.17) is 11.6 Å². The molecule has 11 heteroatoms. The summed E-state index contributed by atoms with van der Waals surface area (Å²) in [6, 6.07) is 11.1. The van der Waals surface area contributed by atoms with Crippen molar-refractivity contribution in [3.63, 3.8) is 0 Å². The van der Waals surface area contributed by atoms with Crippen molar-refractivity contribution in [1.82, 2.24) is 9.58 Å². The maximum absolute atomic E-state index is 13.8. The topological polar surface area (TPSA) is 65.8 Å². The molecule has 2 aliphatic rings. The molecule has 188 valence electrons. The third-order valence-corrected chi connectivity index (χ3v) is 8.21. The number of nitrogens with zero attached hydrogens (tertiary/aromatic N) is 3. The number of halogens is 4. The highest BCUT2D eigenvalue weighted by molar-refractivity contribution is 7.99. The summed E-state index contributed by atoms with van der Waals surface area (Å²) in [5.74, 6) is -1.99. The van der Waals surface area contributed by atoms with Crippen LogP contribution in [0.5, 0.6) is 5.75 Å². The minimum Gasteiger partial charge on any atom is -0.502 e. The van der Waals surface area contributed by atoms with E-state index < -0.39 is 47.7 Å². The number of fused-ring (bicyclic) bond motifs is 3. The van der Waals surface area contributed by atoms with Crippen molar-refractivity contribution >= 4 is 29.3 Å². The van der Waals surface area contributed by atoms with Crippen LogP contribution in [0.4, 0.5) is 13.2 Å². The van der Waals surface area contributed by atoms with Crippen LogP contribution in [-0.2, 0) is 0 Å². The number of carbonyl (C=O) groups is 1. The number of benzene rings is 2. The molecule has 0 radical (unpaired) electrons. The van der Waals surface area contributed by atoms with Gasteiger partial charge in [-0.1, -0.05) is 41.9 Å². The molecule has 6 nitrogen and oxygen atoms in total. The number of amides is 1. The van der Waals surface area contributed by atoms with Gasteiger partial charge < -0.3 is 10.0 Å². The lowest BCUT2D eigenvalue weighted by atomic mass is 9.92. The molecule has 1 amide bonds. The van der Waals surface area contributed by atoms with Gasteiger partial charge in [-0.15, -0.1) is 11.8 Å². The molecule has 0 bridgehead atoms. The van der Waals surface area contributed by atoms with Gasteiger partial charge in [-0.05, 0) is 37.1 Å². The van der Waals surface area contributed by atoms with E-state index in [-0.39, 0.29) is 5.25 Å². The summed E-state index contributed by atoms with van der Waals surface area (Å²) in [5.41, 5.74) is 0.968. The summed E-state index contributed by atoms with van der Waals surface area (Å²) in [4.78, 5) is 27.0. The highest BCUT2D eigenvalue weighted by Gasteiger charge is 2.48. The van der Waals surface area contributed by atoms with Gasteiger partial charge in [0, 0.05) is 33.0 Å². The van der Waals surface area contributed by atoms with Crippen molar-refractivity contribution in [2.45, 2.75) is 42.3 Å². The van der Waals surface area contributed by atoms with Crippen LogP contribution in [0.1, 0.15) is 52.3 Å². The second-order valence-electron chi connectivity index (χ2n) is 8.74. The number of carbonyl (C=O) groups excluding carboxylic acids is 1. The zero-order chi connectivity index (χ0) is 25.9. The Balaban J connectivity index is 1.82. The van der Waals surface area contributed by atoms with Crippen molar-refractivity contribution < 1.29 is 23.1 Å². The van der Waals surface area contributed by atoms with Crippen LogP contribution in [0.2, 0.25) is 5.02 Å². The van der Waals surface area contributed by atoms with Gasteiger partial charge >= 0.3 is 6.18 Å². The Morgan fingerprint density at radius 1 is 1.08 bits per heavy atom. The Hall–Kier alpha value is -3.11. The van der Waals surface area contributed by atoms with Gasteiger partial charge in [-0.3, -0.25) is 19.3 Å². The average molecular weight is 536 g/mol. The monoisotopic (exact) mass is 535 g/mol. The molecule has 1 aromatic heterocycles. The van der Waals surface area contributed by atoms with Gasteiger partial charge in [0.05, 0.1) is 0 Å². The molecule has 2 aliphatic heterocycles. The predicted molar refractivity (Wildman–Crippen MR) is 131 cm³/mol. The Morgan fingerprint density at radius 2 is 1.78 bits per heavy atom. The Kier molecular flexibility index (Phi) is 5.99. The van der Waals surface area contributed by atoms with Crippen LogP contribution in [-0.4, -0.2) is 39.5 Å². The van der Waals surface area contributed by atoms with Gasteiger partial charge in [0.25, 0.3) is 5.91 Å². The second-order valence-corrected chi connectivity index (χ2v) is 10.5. The predicted octanol–water partition coefficient (Wildman–Crippen LogP) is 5.47. The van der Waals surface area contributed by atoms with Crippen LogP contribution < -0.4 is 10.4 Å². The van der Waals surface area contributed by atoms with Crippen LogP contribution in [0, 0.1) is 0 Å². The third-order valence-electron chi connectivity index (χ3n) is 6.65. The molecule has 0 saturated carbocycles. The first-order valence-corrected chi connectivity index (χ1v) is 12.4. The highest BCUT2D eigenvalue weighted by Crippen LogP contribution is 2.50. The SMILES string of the molecule is C[C@@H]1Sc2ccccc2[C@@H](N2CN([C@H](C)C(F)(F)F)C(=O)c3c(O)c(=O)ccn32)c2c(Cl)cccc21. The minimum absolute atomic E-state index is 0.0247. The number of aromatic hydroxyl groups is 1. The van der Waals surface area contributed by atoms with Crippen LogP contribution >= 0.6 is 23.4 Å². The molecule has 0 unspecified atom stereocenters. The van der Waals surface area contributed by atoms with E-state index >= 15 is 0 Å². The zero-order valence-electron chi connectivity index (χ0n) is 19.2. The fraction of sp³-hybridized carbons (Fsp3) is 0.280. The number of rotatable bonds is 2. The van der Waals surface area contributed by atoms with E-state index in [1.807, 2.05) is 43.3 Å². The summed E-state index contributed by atoms with van der Waals surface area (Å²) < 4.78 is 42.7. The molecular weight excluding hydrogens is 515 g/mol. The lowest BCUT2D eigenvalue weighted by Crippen LogP contribution is -2.60. The molecule has 0 spiro atoms. The van der Waals surface area contributed by atoms with Gasteiger partial charge in [0.1, 0.15) is 18.8 Å². The molecule has 2 aromatic carbocycles. The molecule has 1 N–H and O–H groups in total. The number of hydrogen-bond donors (Lipinski definition) is 1. The van der Waals surface area contributed by atoms with E-state index in [1.54, 1.807) is 22.8 Å². The molecule has 3 aromatic rings. The molecular formula is C25H21ClF3N3O3S. The molecule has 0 aliphatic carbocycles. The number of pyridine rings is 1. The second kappa shape index (κ2) is 8.77. The first-order chi connectivity index (χ1) is 17.0. The summed E-state index contributed by atoms with van der Waals surface area (Å²) in [6.45, 7) is 2.44. The van der Waals surface area contributed by atoms with Crippen molar-refractivity contribution in [1.29, 1.82) is 0 Å². The fourth-order valence-corrected chi connectivity index (χ4v) is 6.24. The fourth-order valence-electron chi connectivity index (χ4n) is 4.77. The number of hydrogen-bond acceptors (Lipinski definition) is 5. The molecule has 0 saturated heterocycles. The van der Waals surface area contributed by atoms with Crippen molar-refractivity contribution in [3.05, 3.63) is 92.4 Å². The van der Waals surface area contributed by atoms with Gasteiger partial charge in [0.2, 0.25) is 5.43 Å². The van der Waals surface area contributed by atoms with Gasteiger partial charge in [0.15, 0.2) is 11.4 Å². The normalized spacial score (nSPS) is 20.3. The maximum atomic E-state index is 13.8. The van der Waals surface area contributed by atoms with Gasteiger partial charge in [-0.25, -0.2) is 0 Å². The number of aromatic nitrogens is 1. The van der Waals surface area contributed by atoms with Crippen molar-refractivity contribution in [2.75, 3.05) is 11.7 Å². The summed E-state index contributed by atoms with van der Waals surface area (Å²) in [7, 11) is 0. The van der Waals surface area contributed by atoms with Crippen LogP contribution in [0.25, 0.3) is 0 Å². The largest absolute Gasteiger partial charge is 0.502 e. The Bertz CT molecular complexity index is 1430. The summed E-state index contributed by atoms with van der Waals surface area (Å²) in [5, 5.41) is 12.5. The first-order valence-electron chi connectivity index (χ1n) is 11.1. The van der Waals surface area contributed by atoms with Crippen LogP contribution in [0.3, 0.4) is 0 Å². The van der Waals surface area contributed by atoms with Crippen molar-refractivity contribution in [2.24, 2.45) is 0 Å². The highest BCUT2D eigenvalue weighted by atomic mass is 35.5. The van der Waals surface area contributed by atoms with E-state index in [9.17, 15) is 27.9 Å². The van der Waals surface area contributed by atoms with Crippen molar-refractivity contribution in [3.8, 4) is 5.75 Å². The number of alkyl halides is 3. The first kappa shape index (κ1) is 24.6. The lowest BCUT2D eigenvalue weighted by Gasteiger charge is -2.46. The minimum atomic E-state index is -4.73. The third kappa shape index (κ3) is 3.83. The van der Waals surface area contributed by atoms with Gasteiger partial charge in [-0.2, -0.15) is 13.2 Å².